The highest BCUT2D eigenvalue weighted by atomic mass is 16.6. The third kappa shape index (κ3) is 2.60. The van der Waals surface area contributed by atoms with Gasteiger partial charge in [-0.05, 0) is 46.9 Å². The van der Waals surface area contributed by atoms with Crippen LogP contribution in [0.25, 0.3) is 22.1 Å². The molecule has 0 fully saturated rings. The molecule has 0 aliphatic heterocycles. The number of hydrogen-bond donors (Lipinski definition) is 0. The van der Waals surface area contributed by atoms with Crippen molar-refractivity contribution in [3.05, 3.63) is 60.2 Å². The van der Waals surface area contributed by atoms with Crippen molar-refractivity contribution >= 4 is 10.8 Å². The van der Waals surface area contributed by atoms with Crippen LogP contribution in [0.2, 0.25) is 0 Å². The van der Waals surface area contributed by atoms with E-state index in [0.717, 1.165) is 27.8 Å². The summed E-state index contributed by atoms with van der Waals surface area (Å²) in [6.45, 7) is 0. The Morgan fingerprint density at radius 3 is 2.43 bits per heavy atom. The predicted molar refractivity (Wildman–Crippen MR) is 80.8 cm³/mol. The highest BCUT2D eigenvalue weighted by molar-refractivity contribution is 5.83. The fraction of sp³-hybridized carbons (Fsp3) is 0.118. The minimum absolute atomic E-state index is 0.460. The van der Waals surface area contributed by atoms with Crippen molar-refractivity contribution in [1.29, 1.82) is 0 Å². The lowest BCUT2D eigenvalue weighted by Crippen LogP contribution is -2.04. The molecule has 0 atom stereocenters. The number of benzene rings is 2. The summed E-state index contributed by atoms with van der Waals surface area (Å²) in [7, 11) is 3.15. The number of fused-ring (bicyclic) bond motifs is 1. The Morgan fingerprint density at radius 1 is 0.952 bits per heavy atom. The average molecular weight is 281 g/mol. The Kier molecular flexibility index (Phi) is 3.60. The van der Waals surface area contributed by atoms with Crippen molar-refractivity contribution in [3.8, 4) is 17.1 Å². The molecular weight excluding hydrogens is 266 g/mol. The molecule has 0 saturated carbocycles. The summed E-state index contributed by atoms with van der Waals surface area (Å²) in [4.78, 5) is 4.87. The van der Waals surface area contributed by atoms with E-state index in [9.17, 15) is 0 Å². The second kappa shape index (κ2) is 5.71. The first kappa shape index (κ1) is 13.2. The van der Waals surface area contributed by atoms with Crippen LogP contribution in [0.4, 0.5) is 0 Å². The van der Waals surface area contributed by atoms with Crippen LogP contribution in [-0.4, -0.2) is 14.2 Å². The van der Waals surface area contributed by atoms with E-state index < -0.39 is 0 Å². The first-order valence-electron chi connectivity index (χ1n) is 6.56. The molecule has 0 aliphatic rings. The smallest absolute Gasteiger partial charge is 0.263 e. The van der Waals surface area contributed by atoms with Crippen LogP contribution in [0.5, 0.6) is 5.75 Å². The van der Waals surface area contributed by atoms with Gasteiger partial charge in [-0.1, -0.05) is 18.2 Å². The lowest BCUT2D eigenvalue weighted by atomic mass is 10.1. The van der Waals surface area contributed by atoms with E-state index in [1.165, 1.54) is 7.11 Å². The Labute approximate surface area is 122 Å². The number of rotatable bonds is 3. The zero-order valence-electron chi connectivity index (χ0n) is 11.9. The molecule has 0 amide bonds. The van der Waals surface area contributed by atoms with Crippen LogP contribution < -0.4 is 10.3 Å². The molecule has 3 aromatic rings. The first-order chi connectivity index (χ1) is 10.3. The number of nitrogens with zero attached hydrogens (tertiary/aromatic N) is 1. The Bertz CT molecular complexity index is 819. The third-order valence-corrected chi connectivity index (χ3v) is 3.23. The van der Waals surface area contributed by atoms with Gasteiger partial charge in [-0.2, -0.15) is 0 Å². The minimum Gasteiger partial charge on any atom is -0.497 e. The molecule has 1 aromatic heterocycles. The van der Waals surface area contributed by atoms with Gasteiger partial charge in [0, 0.05) is 10.9 Å². The van der Waals surface area contributed by atoms with Gasteiger partial charge < -0.3 is 14.0 Å². The molecule has 4 nitrogen and oxygen atoms in total. The topological polar surface area (TPSA) is 44.0 Å². The third-order valence-electron chi connectivity index (χ3n) is 3.23. The fourth-order valence-electron chi connectivity index (χ4n) is 2.20. The molecule has 0 spiro atoms. The van der Waals surface area contributed by atoms with Gasteiger partial charge in [0.15, 0.2) is 0 Å². The van der Waals surface area contributed by atoms with E-state index in [2.05, 4.69) is 5.16 Å². The molecule has 1 heterocycles. The van der Waals surface area contributed by atoms with Gasteiger partial charge in [0.1, 0.15) is 18.6 Å². The van der Waals surface area contributed by atoms with Gasteiger partial charge in [0.25, 0.3) is 5.55 Å². The molecule has 0 unspecified atom stereocenters. The van der Waals surface area contributed by atoms with Crippen molar-refractivity contribution in [2.45, 2.75) is 0 Å². The Morgan fingerprint density at radius 2 is 1.71 bits per heavy atom. The maximum atomic E-state index is 5.86. The predicted octanol–water partition coefficient (Wildman–Crippen LogP) is 3.57. The van der Waals surface area contributed by atoms with Crippen molar-refractivity contribution < 1.29 is 14.0 Å². The van der Waals surface area contributed by atoms with Crippen LogP contribution in [-0.2, 0) is 4.84 Å². The van der Waals surface area contributed by atoms with Crippen molar-refractivity contribution in [1.82, 2.24) is 0 Å². The van der Waals surface area contributed by atoms with E-state index in [1.807, 2.05) is 54.6 Å². The molecule has 106 valence electrons. The Balaban J connectivity index is 2.20. The molecule has 0 aliphatic carbocycles. The van der Waals surface area contributed by atoms with Crippen LogP contribution in [0, 0.1) is 0 Å². The summed E-state index contributed by atoms with van der Waals surface area (Å²) < 4.78 is 11.0. The van der Waals surface area contributed by atoms with Crippen LogP contribution >= 0.6 is 0 Å². The van der Waals surface area contributed by atoms with Gasteiger partial charge in [-0.25, -0.2) is 0 Å². The lowest BCUT2D eigenvalue weighted by molar-refractivity contribution is 0.186. The molecule has 0 saturated heterocycles. The van der Waals surface area contributed by atoms with Crippen LogP contribution in [0.15, 0.2) is 64.2 Å². The van der Waals surface area contributed by atoms with E-state index in [4.69, 9.17) is 14.0 Å². The van der Waals surface area contributed by atoms with Crippen molar-refractivity contribution in [2.75, 3.05) is 14.2 Å². The monoisotopic (exact) mass is 281 g/mol. The molecular formula is C17H15NO3. The zero-order chi connectivity index (χ0) is 14.7. The van der Waals surface area contributed by atoms with Gasteiger partial charge in [0.2, 0.25) is 0 Å². The molecule has 0 N–H and O–H groups in total. The van der Waals surface area contributed by atoms with Crippen LogP contribution in [0.1, 0.15) is 0 Å². The Hall–Kier alpha value is -2.75. The number of methoxy groups -OCH3 is 1. The van der Waals surface area contributed by atoms with Gasteiger partial charge in [-0.15, -0.1) is 0 Å². The van der Waals surface area contributed by atoms with E-state index >= 15 is 0 Å². The number of ether oxygens (including phenoxy) is 1. The molecule has 2 aromatic carbocycles. The van der Waals surface area contributed by atoms with E-state index in [-0.39, 0.29) is 0 Å². The second-order valence-electron chi connectivity index (χ2n) is 4.51. The maximum absolute atomic E-state index is 5.86. The maximum Gasteiger partial charge on any atom is 0.263 e. The van der Waals surface area contributed by atoms with Gasteiger partial charge in [0.05, 0.1) is 7.11 Å². The summed E-state index contributed by atoms with van der Waals surface area (Å²) in [6.07, 6.45) is 0. The standard InChI is InChI=1S/C17H15NO3/c1-19-14-9-7-12(8-10-14)16-11-13-5-3-4-6-15(13)17(21-16)18-20-2/h3-11H,1-2H3/b18-17+. The molecule has 3 rings (SSSR count). The minimum atomic E-state index is 0.460. The zero-order valence-corrected chi connectivity index (χ0v) is 11.9. The number of hydrogen-bond acceptors (Lipinski definition) is 4. The second-order valence-corrected chi connectivity index (χ2v) is 4.51. The van der Waals surface area contributed by atoms with Gasteiger partial charge >= 0.3 is 0 Å². The lowest BCUT2D eigenvalue weighted by Gasteiger charge is -2.05. The SMILES string of the molecule is CO/N=c1/oc(-c2ccc(OC)cc2)cc2ccccc12. The summed E-state index contributed by atoms with van der Waals surface area (Å²) in [6, 6.07) is 17.6. The normalized spacial score (nSPS) is 11.6. The molecule has 0 radical (unpaired) electrons. The van der Waals surface area contributed by atoms with Crippen molar-refractivity contribution in [3.63, 3.8) is 0 Å². The van der Waals surface area contributed by atoms with E-state index in [1.54, 1.807) is 7.11 Å². The van der Waals surface area contributed by atoms with Crippen LogP contribution in [0.3, 0.4) is 0 Å². The fourth-order valence-corrected chi connectivity index (χ4v) is 2.20. The summed E-state index contributed by atoms with van der Waals surface area (Å²) in [5.41, 5.74) is 1.41. The summed E-state index contributed by atoms with van der Waals surface area (Å²) >= 11 is 0. The van der Waals surface area contributed by atoms with E-state index in [0.29, 0.717) is 5.55 Å². The molecule has 0 bridgehead atoms. The summed E-state index contributed by atoms with van der Waals surface area (Å²) in [5.74, 6) is 1.54. The average Bonchev–Trinajstić information content (AvgIpc) is 2.55. The van der Waals surface area contributed by atoms with Gasteiger partial charge in [-0.3, -0.25) is 0 Å². The highest BCUT2D eigenvalue weighted by Gasteiger charge is 2.06. The largest absolute Gasteiger partial charge is 0.497 e. The highest BCUT2D eigenvalue weighted by Crippen LogP contribution is 2.24. The molecule has 4 heteroatoms. The van der Waals surface area contributed by atoms with Crippen molar-refractivity contribution in [2.24, 2.45) is 5.16 Å². The molecule has 21 heavy (non-hydrogen) atoms. The summed E-state index contributed by atoms with van der Waals surface area (Å²) in [5, 5.41) is 5.92. The quantitative estimate of drug-likeness (QED) is 0.689. The first-order valence-corrected chi connectivity index (χ1v) is 6.56.